The summed E-state index contributed by atoms with van der Waals surface area (Å²) in [6.07, 6.45) is 0. The van der Waals surface area contributed by atoms with Gasteiger partial charge in [0.25, 0.3) is 5.91 Å². The number of halogens is 1. The number of nitrogens with one attached hydrogen (secondary N) is 1. The molecule has 2 aromatic rings. The number of primary amides is 1. The fourth-order valence-electron chi connectivity index (χ4n) is 2.20. The number of amides is 1. The number of anilines is 2. The summed E-state index contributed by atoms with van der Waals surface area (Å²) in [4.78, 5) is 17.1. The molecule has 0 spiro atoms. The molecule has 1 aromatic heterocycles. The Morgan fingerprint density at radius 2 is 2.10 bits per heavy atom. The molecule has 0 bridgehead atoms. The van der Waals surface area contributed by atoms with Crippen LogP contribution in [-0.2, 0) is 0 Å². The van der Waals surface area contributed by atoms with Crippen LogP contribution in [0.2, 0.25) is 5.02 Å². The zero-order valence-electron chi connectivity index (χ0n) is 12.0. The fourth-order valence-corrected chi connectivity index (χ4v) is 3.41. The number of hydrogen-bond donors (Lipinski definition) is 3. The Bertz CT molecular complexity index is 699. The summed E-state index contributed by atoms with van der Waals surface area (Å²) in [5.41, 5.74) is 13.2. The average Bonchev–Trinajstić information content (AvgIpc) is 2.71. The molecule has 1 unspecified atom stereocenters. The van der Waals surface area contributed by atoms with Crippen molar-refractivity contribution in [3.63, 3.8) is 0 Å². The van der Waals surface area contributed by atoms with Crippen LogP contribution in [0.3, 0.4) is 0 Å². The minimum Gasteiger partial charge on any atom is -0.399 e. The van der Waals surface area contributed by atoms with E-state index in [1.54, 1.807) is 17.4 Å². The second-order valence-electron chi connectivity index (χ2n) is 4.84. The molecule has 0 aliphatic carbocycles. The van der Waals surface area contributed by atoms with E-state index in [9.17, 15) is 4.79 Å². The first-order valence-electron chi connectivity index (χ1n) is 6.39. The summed E-state index contributed by atoms with van der Waals surface area (Å²) in [5, 5.41) is 4.60. The molecule has 0 saturated heterocycles. The molecule has 5 N–H and O–H groups in total. The van der Waals surface area contributed by atoms with E-state index in [1.165, 1.54) is 6.07 Å². The molecule has 5 nitrogen and oxygen atoms in total. The van der Waals surface area contributed by atoms with Crippen LogP contribution >= 0.6 is 22.9 Å². The average molecular weight is 325 g/mol. The SMILES string of the molecule is Cc1nc(C)c(C(C)Nc2c(Cl)cc(N)cc2C(N)=O)s1. The van der Waals surface area contributed by atoms with Gasteiger partial charge in [0.15, 0.2) is 0 Å². The molecular formula is C14H17ClN4OS. The van der Waals surface area contributed by atoms with Crippen molar-refractivity contribution in [3.05, 3.63) is 38.3 Å². The van der Waals surface area contributed by atoms with Gasteiger partial charge in [0.1, 0.15) is 0 Å². The maximum absolute atomic E-state index is 11.6. The lowest BCUT2D eigenvalue weighted by Crippen LogP contribution is -2.17. The van der Waals surface area contributed by atoms with Gasteiger partial charge in [-0.05, 0) is 32.9 Å². The van der Waals surface area contributed by atoms with Crippen molar-refractivity contribution >= 4 is 40.2 Å². The van der Waals surface area contributed by atoms with Crippen LogP contribution in [0.25, 0.3) is 0 Å². The van der Waals surface area contributed by atoms with Gasteiger partial charge in [-0.2, -0.15) is 0 Å². The highest BCUT2D eigenvalue weighted by molar-refractivity contribution is 7.11. The topological polar surface area (TPSA) is 94.0 Å². The molecule has 21 heavy (non-hydrogen) atoms. The summed E-state index contributed by atoms with van der Waals surface area (Å²) in [5.74, 6) is -0.573. The first-order valence-corrected chi connectivity index (χ1v) is 7.58. The maximum atomic E-state index is 11.6. The number of nitrogen functional groups attached to an aromatic ring is 1. The van der Waals surface area contributed by atoms with Crippen LogP contribution in [0.5, 0.6) is 0 Å². The summed E-state index contributed by atoms with van der Waals surface area (Å²) < 4.78 is 0. The van der Waals surface area contributed by atoms with Crippen LogP contribution in [0, 0.1) is 13.8 Å². The number of nitrogens with zero attached hydrogens (tertiary/aromatic N) is 1. The van der Waals surface area contributed by atoms with Gasteiger partial charge in [0.05, 0.1) is 33.0 Å². The third-order valence-electron chi connectivity index (χ3n) is 3.07. The molecular weight excluding hydrogens is 308 g/mol. The first kappa shape index (κ1) is 15.6. The van der Waals surface area contributed by atoms with E-state index >= 15 is 0 Å². The highest BCUT2D eigenvalue weighted by Crippen LogP contribution is 2.34. The predicted molar refractivity (Wildman–Crippen MR) is 88.0 cm³/mol. The molecule has 1 heterocycles. The molecule has 0 aliphatic rings. The zero-order valence-corrected chi connectivity index (χ0v) is 13.6. The second-order valence-corrected chi connectivity index (χ2v) is 6.48. The van der Waals surface area contributed by atoms with Crippen molar-refractivity contribution in [3.8, 4) is 0 Å². The predicted octanol–water partition coefficient (Wildman–Crippen LogP) is 3.27. The van der Waals surface area contributed by atoms with Crippen LogP contribution in [-0.4, -0.2) is 10.9 Å². The summed E-state index contributed by atoms with van der Waals surface area (Å²) in [7, 11) is 0. The molecule has 1 atom stereocenters. The van der Waals surface area contributed by atoms with Gasteiger partial charge in [0.2, 0.25) is 0 Å². The summed E-state index contributed by atoms with van der Waals surface area (Å²) in [6, 6.07) is 3.07. The van der Waals surface area contributed by atoms with E-state index in [1.807, 2.05) is 20.8 Å². The van der Waals surface area contributed by atoms with Crippen LogP contribution < -0.4 is 16.8 Å². The van der Waals surface area contributed by atoms with E-state index in [2.05, 4.69) is 10.3 Å². The van der Waals surface area contributed by atoms with E-state index in [0.29, 0.717) is 16.4 Å². The molecule has 1 amide bonds. The quantitative estimate of drug-likeness (QED) is 0.752. The molecule has 0 aliphatic heterocycles. The number of nitrogens with two attached hydrogens (primary N) is 2. The molecule has 0 fully saturated rings. The molecule has 112 valence electrons. The van der Waals surface area contributed by atoms with Crippen LogP contribution in [0.4, 0.5) is 11.4 Å². The van der Waals surface area contributed by atoms with Gasteiger partial charge >= 0.3 is 0 Å². The summed E-state index contributed by atoms with van der Waals surface area (Å²) in [6.45, 7) is 5.90. The molecule has 2 rings (SSSR count). The number of thiazole rings is 1. The number of hydrogen-bond acceptors (Lipinski definition) is 5. The molecule has 7 heteroatoms. The standard InChI is InChI=1S/C14H17ClN4OS/c1-6-13(21-8(3)18-6)7(2)19-12-10(14(17)20)4-9(16)5-11(12)15/h4-5,7,19H,16H2,1-3H3,(H2,17,20). The Morgan fingerprint density at radius 1 is 1.43 bits per heavy atom. The van der Waals surface area contributed by atoms with Gasteiger partial charge in [-0.15, -0.1) is 11.3 Å². The largest absolute Gasteiger partial charge is 0.399 e. The van der Waals surface area contributed by atoms with Gasteiger partial charge < -0.3 is 16.8 Å². The number of aromatic nitrogens is 1. The lowest BCUT2D eigenvalue weighted by atomic mass is 10.1. The van der Waals surface area contributed by atoms with Gasteiger partial charge in [-0.3, -0.25) is 4.79 Å². The Labute approximate surface area is 132 Å². The molecule has 0 radical (unpaired) electrons. The van der Waals surface area contributed by atoms with Crippen LogP contribution in [0.1, 0.15) is 38.9 Å². The number of aryl methyl sites for hydroxylation is 2. The number of benzene rings is 1. The van der Waals surface area contributed by atoms with Crippen LogP contribution in [0.15, 0.2) is 12.1 Å². The highest BCUT2D eigenvalue weighted by Gasteiger charge is 2.18. The minimum atomic E-state index is -0.573. The lowest BCUT2D eigenvalue weighted by Gasteiger charge is -2.18. The van der Waals surface area contributed by atoms with Crippen molar-refractivity contribution in [2.24, 2.45) is 5.73 Å². The number of carbonyl (C=O) groups is 1. The Morgan fingerprint density at radius 3 is 2.62 bits per heavy atom. The Balaban J connectivity index is 2.39. The van der Waals surface area contributed by atoms with E-state index < -0.39 is 5.91 Å². The smallest absolute Gasteiger partial charge is 0.250 e. The summed E-state index contributed by atoms with van der Waals surface area (Å²) >= 11 is 7.80. The van der Waals surface area contributed by atoms with Crippen molar-refractivity contribution in [2.45, 2.75) is 26.8 Å². The lowest BCUT2D eigenvalue weighted by molar-refractivity contribution is 0.100. The van der Waals surface area contributed by atoms with Crippen molar-refractivity contribution in [1.82, 2.24) is 4.98 Å². The van der Waals surface area contributed by atoms with Gasteiger partial charge in [-0.25, -0.2) is 4.98 Å². The number of carbonyl (C=O) groups excluding carboxylic acids is 1. The third kappa shape index (κ3) is 3.28. The van der Waals surface area contributed by atoms with E-state index in [0.717, 1.165) is 15.6 Å². The van der Waals surface area contributed by atoms with E-state index in [-0.39, 0.29) is 11.6 Å². The monoisotopic (exact) mass is 324 g/mol. The first-order chi connectivity index (χ1) is 9.79. The highest BCUT2D eigenvalue weighted by atomic mass is 35.5. The zero-order chi connectivity index (χ0) is 15.7. The van der Waals surface area contributed by atoms with Gasteiger partial charge in [-0.1, -0.05) is 11.6 Å². The second kappa shape index (κ2) is 5.91. The number of rotatable bonds is 4. The molecule has 1 aromatic carbocycles. The van der Waals surface area contributed by atoms with Crippen molar-refractivity contribution < 1.29 is 4.79 Å². The van der Waals surface area contributed by atoms with Crippen molar-refractivity contribution in [1.29, 1.82) is 0 Å². The Kier molecular flexibility index (Phi) is 4.39. The fraction of sp³-hybridized carbons (Fsp3) is 0.286. The van der Waals surface area contributed by atoms with Crippen molar-refractivity contribution in [2.75, 3.05) is 11.1 Å². The third-order valence-corrected chi connectivity index (χ3v) is 4.63. The Hall–Kier alpha value is -1.79. The maximum Gasteiger partial charge on any atom is 0.250 e. The minimum absolute atomic E-state index is 0.0459. The van der Waals surface area contributed by atoms with E-state index in [4.69, 9.17) is 23.1 Å². The molecule has 0 saturated carbocycles. The van der Waals surface area contributed by atoms with Gasteiger partial charge in [0, 0.05) is 10.6 Å². The normalized spacial score (nSPS) is 12.2.